The lowest BCUT2D eigenvalue weighted by atomic mass is 10.1. The van der Waals surface area contributed by atoms with Gasteiger partial charge in [0, 0.05) is 11.1 Å². The van der Waals surface area contributed by atoms with Crippen molar-refractivity contribution in [3.05, 3.63) is 113 Å². The second kappa shape index (κ2) is 7.32. The van der Waals surface area contributed by atoms with Crippen molar-refractivity contribution in [2.75, 3.05) is 0 Å². The predicted molar refractivity (Wildman–Crippen MR) is 128 cm³/mol. The van der Waals surface area contributed by atoms with Crippen molar-refractivity contribution in [2.24, 2.45) is 0 Å². The lowest BCUT2D eigenvalue weighted by Crippen LogP contribution is -2.22. The van der Waals surface area contributed by atoms with Gasteiger partial charge >= 0.3 is 0 Å². The van der Waals surface area contributed by atoms with Gasteiger partial charge in [0.25, 0.3) is 5.56 Å². The van der Waals surface area contributed by atoms with Crippen LogP contribution in [-0.4, -0.2) is 19.5 Å². The second-order valence-corrected chi connectivity index (χ2v) is 7.58. The van der Waals surface area contributed by atoms with Crippen LogP contribution in [0.5, 0.6) is 0 Å². The quantitative estimate of drug-likeness (QED) is 0.410. The van der Waals surface area contributed by atoms with Crippen molar-refractivity contribution in [2.45, 2.75) is 0 Å². The molecule has 0 aliphatic carbocycles. The van der Waals surface area contributed by atoms with Crippen LogP contribution in [0.25, 0.3) is 50.4 Å². The molecule has 1 N–H and O–H groups in total. The van der Waals surface area contributed by atoms with Crippen LogP contribution in [0.15, 0.2) is 108 Å². The normalized spacial score (nSPS) is 11.2. The summed E-state index contributed by atoms with van der Waals surface area (Å²) in [5.41, 5.74) is 4.82. The van der Waals surface area contributed by atoms with Crippen molar-refractivity contribution in [1.82, 2.24) is 19.5 Å². The molecule has 0 spiro atoms. The predicted octanol–water partition coefficient (Wildman–Crippen LogP) is 5.60. The van der Waals surface area contributed by atoms with Crippen LogP contribution in [0.3, 0.4) is 0 Å². The van der Waals surface area contributed by atoms with Crippen LogP contribution in [0.4, 0.5) is 0 Å². The monoisotopic (exact) mass is 414 g/mol. The van der Waals surface area contributed by atoms with Gasteiger partial charge in [0.05, 0.1) is 27.6 Å². The topological polar surface area (TPSA) is 63.6 Å². The third kappa shape index (κ3) is 2.91. The summed E-state index contributed by atoms with van der Waals surface area (Å²) in [7, 11) is 0. The van der Waals surface area contributed by atoms with Crippen molar-refractivity contribution < 1.29 is 0 Å². The third-order valence-corrected chi connectivity index (χ3v) is 5.60. The van der Waals surface area contributed by atoms with E-state index < -0.39 is 0 Å². The number of fused-ring (bicyclic) bond motifs is 2. The van der Waals surface area contributed by atoms with E-state index in [0.29, 0.717) is 22.6 Å². The Morgan fingerprint density at radius 3 is 2.19 bits per heavy atom. The molecular formula is C27H18N4O. The lowest BCUT2D eigenvalue weighted by Gasteiger charge is -2.16. The number of aromatic nitrogens is 4. The lowest BCUT2D eigenvalue weighted by molar-refractivity contribution is 0.975. The Morgan fingerprint density at radius 2 is 1.34 bits per heavy atom. The molecule has 0 fully saturated rings. The minimum Gasteiger partial charge on any atom is -0.338 e. The first-order valence-corrected chi connectivity index (χ1v) is 10.4. The highest BCUT2D eigenvalue weighted by Crippen LogP contribution is 2.29. The van der Waals surface area contributed by atoms with Gasteiger partial charge in [-0.3, -0.25) is 9.36 Å². The fourth-order valence-corrected chi connectivity index (χ4v) is 4.09. The summed E-state index contributed by atoms with van der Waals surface area (Å²) in [6.45, 7) is 0. The number of nitrogens with zero attached hydrogens (tertiary/aromatic N) is 3. The zero-order valence-corrected chi connectivity index (χ0v) is 17.1. The molecule has 0 unspecified atom stereocenters. The summed E-state index contributed by atoms with van der Waals surface area (Å²) in [5.74, 6) is 1.30. The smallest absolute Gasteiger partial charge is 0.266 e. The van der Waals surface area contributed by atoms with E-state index in [1.54, 1.807) is 4.57 Å². The highest BCUT2D eigenvalue weighted by molar-refractivity contribution is 5.84. The molecule has 2 heterocycles. The van der Waals surface area contributed by atoms with Gasteiger partial charge in [0.1, 0.15) is 11.6 Å². The molecule has 0 amide bonds. The fraction of sp³-hybridized carbons (Fsp3) is 0. The summed E-state index contributed by atoms with van der Waals surface area (Å²) in [5, 5.41) is 0.576. The Labute approximate surface area is 183 Å². The van der Waals surface area contributed by atoms with E-state index in [0.717, 1.165) is 27.8 Å². The van der Waals surface area contributed by atoms with Crippen LogP contribution in [0, 0.1) is 0 Å². The van der Waals surface area contributed by atoms with Gasteiger partial charge in [-0.05, 0) is 36.4 Å². The zero-order valence-electron chi connectivity index (χ0n) is 17.1. The molecule has 5 heteroatoms. The van der Waals surface area contributed by atoms with Crippen LogP contribution < -0.4 is 5.56 Å². The number of aromatic amines is 1. The SMILES string of the molecule is O=c1c2ccccc2nc(-c2ccccc2)n1-c1ccccc1-c1nc2ccccc2[nH]1. The summed E-state index contributed by atoms with van der Waals surface area (Å²) >= 11 is 0. The number of nitrogens with one attached hydrogen (secondary N) is 1. The van der Waals surface area contributed by atoms with Gasteiger partial charge < -0.3 is 4.98 Å². The molecular weight excluding hydrogens is 396 g/mol. The second-order valence-electron chi connectivity index (χ2n) is 7.58. The Bertz CT molecular complexity index is 1610. The third-order valence-electron chi connectivity index (χ3n) is 5.60. The molecule has 4 aromatic carbocycles. The van der Waals surface area contributed by atoms with Crippen LogP contribution in [-0.2, 0) is 0 Å². The van der Waals surface area contributed by atoms with Gasteiger partial charge in [-0.25, -0.2) is 9.97 Å². The molecule has 5 nitrogen and oxygen atoms in total. The first-order chi connectivity index (χ1) is 15.8. The number of H-pyrrole nitrogens is 1. The van der Waals surface area contributed by atoms with E-state index in [-0.39, 0.29) is 5.56 Å². The molecule has 6 rings (SSSR count). The summed E-state index contributed by atoms with van der Waals surface area (Å²) in [4.78, 5) is 26.8. The molecule has 32 heavy (non-hydrogen) atoms. The van der Waals surface area contributed by atoms with Crippen molar-refractivity contribution in [1.29, 1.82) is 0 Å². The maximum atomic E-state index is 13.8. The average Bonchev–Trinajstić information content (AvgIpc) is 3.29. The molecule has 0 aliphatic rings. The van der Waals surface area contributed by atoms with Crippen LogP contribution in [0.1, 0.15) is 0 Å². The van der Waals surface area contributed by atoms with Gasteiger partial charge in [-0.1, -0.05) is 66.7 Å². The standard InChI is InChI=1S/C27H18N4O/c32-27-19-12-4-6-14-21(19)30-26(18-10-2-1-3-11-18)31(27)24-17-9-5-13-20(24)25-28-22-15-7-8-16-23(22)29-25/h1-17H,(H,28,29). The summed E-state index contributed by atoms with van der Waals surface area (Å²) in [6, 6.07) is 32.9. The summed E-state index contributed by atoms with van der Waals surface area (Å²) in [6.07, 6.45) is 0. The molecule has 0 aliphatic heterocycles. The van der Waals surface area contributed by atoms with Gasteiger partial charge in [0.2, 0.25) is 0 Å². The number of hydrogen-bond acceptors (Lipinski definition) is 3. The maximum absolute atomic E-state index is 13.8. The van der Waals surface area contributed by atoms with E-state index in [1.807, 2.05) is 103 Å². The van der Waals surface area contributed by atoms with E-state index in [9.17, 15) is 4.79 Å². The minimum atomic E-state index is -0.113. The van der Waals surface area contributed by atoms with Gasteiger partial charge in [-0.15, -0.1) is 0 Å². The van der Waals surface area contributed by atoms with E-state index >= 15 is 0 Å². The highest BCUT2D eigenvalue weighted by atomic mass is 16.1. The number of imidazole rings is 1. The fourth-order valence-electron chi connectivity index (χ4n) is 4.09. The number of rotatable bonds is 3. The van der Waals surface area contributed by atoms with Gasteiger partial charge in [-0.2, -0.15) is 0 Å². The molecule has 6 aromatic rings. The number of hydrogen-bond donors (Lipinski definition) is 1. The Balaban J connectivity index is 1.69. The van der Waals surface area contributed by atoms with E-state index in [1.165, 1.54) is 0 Å². The van der Waals surface area contributed by atoms with Crippen LogP contribution >= 0.6 is 0 Å². The van der Waals surface area contributed by atoms with E-state index in [4.69, 9.17) is 9.97 Å². The number of para-hydroxylation sites is 4. The summed E-state index contributed by atoms with van der Waals surface area (Å²) < 4.78 is 1.69. The Kier molecular flexibility index (Phi) is 4.18. The molecule has 0 saturated heterocycles. The Morgan fingerprint density at radius 1 is 0.656 bits per heavy atom. The molecule has 2 aromatic heterocycles. The van der Waals surface area contributed by atoms with Crippen molar-refractivity contribution in [3.63, 3.8) is 0 Å². The van der Waals surface area contributed by atoms with Crippen molar-refractivity contribution >= 4 is 21.9 Å². The molecule has 0 radical (unpaired) electrons. The zero-order chi connectivity index (χ0) is 21.5. The maximum Gasteiger partial charge on any atom is 0.266 e. The van der Waals surface area contributed by atoms with Gasteiger partial charge in [0.15, 0.2) is 0 Å². The van der Waals surface area contributed by atoms with Crippen LogP contribution in [0.2, 0.25) is 0 Å². The first kappa shape index (κ1) is 18.3. The average molecular weight is 414 g/mol. The molecule has 0 bridgehead atoms. The number of benzene rings is 4. The molecule has 0 atom stereocenters. The molecule has 152 valence electrons. The largest absolute Gasteiger partial charge is 0.338 e. The van der Waals surface area contributed by atoms with Crippen molar-refractivity contribution in [3.8, 4) is 28.5 Å². The minimum absolute atomic E-state index is 0.113. The van der Waals surface area contributed by atoms with E-state index in [2.05, 4.69) is 4.98 Å². The highest BCUT2D eigenvalue weighted by Gasteiger charge is 2.18. The Hall–Kier alpha value is -4.51. The molecule has 0 saturated carbocycles. The first-order valence-electron chi connectivity index (χ1n) is 10.4.